The molecule has 2 N–H and O–H groups in total. The molecule has 0 heterocycles. The Labute approximate surface area is 112 Å². The van der Waals surface area contributed by atoms with E-state index < -0.39 is 0 Å². The maximum atomic E-state index is 5.78. The molecule has 0 radical (unpaired) electrons. The fraction of sp³-hybridized carbons (Fsp3) is 0.929. The van der Waals surface area contributed by atoms with E-state index >= 15 is 0 Å². The predicted octanol–water partition coefficient (Wildman–Crippen LogP) is 3.20. The molecule has 100 valence electrons. The SMILES string of the molecule is CC(C)CCN(CCC(C)(C)C(N)=S)C1CC1. The first-order chi connectivity index (χ1) is 7.83. The number of hydrogen-bond acceptors (Lipinski definition) is 2. The molecule has 0 aromatic rings. The van der Waals surface area contributed by atoms with Gasteiger partial charge in [-0.05, 0) is 44.7 Å². The van der Waals surface area contributed by atoms with Crippen LogP contribution in [0.25, 0.3) is 0 Å². The Balaban J connectivity index is 2.37. The van der Waals surface area contributed by atoms with Crippen molar-refractivity contribution in [1.29, 1.82) is 0 Å². The Morgan fingerprint density at radius 3 is 2.35 bits per heavy atom. The monoisotopic (exact) mass is 256 g/mol. The van der Waals surface area contributed by atoms with E-state index in [9.17, 15) is 0 Å². The molecule has 0 aromatic heterocycles. The van der Waals surface area contributed by atoms with Crippen LogP contribution in [0.2, 0.25) is 0 Å². The zero-order chi connectivity index (χ0) is 13.1. The molecule has 0 bridgehead atoms. The summed E-state index contributed by atoms with van der Waals surface area (Å²) in [6.45, 7) is 11.3. The van der Waals surface area contributed by atoms with Gasteiger partial charge in [0.15, 0.2) is 0 Å². The molecule has 0 aliphatic heterocycles. The second-order valence-electron chi connectivity index (χ2n) is 6.45. The molecule has 0 spiro atoms. The number of nitrogens with two attached hydrogens (primary N) is 1. The van der Waals surface area contributed by atoms with Gasteiger partial charge in [0, 0.05) is 11.5 Å². The van der Waals surface area contributed by atoms with Crippen molar-refractivity contribution in [2.45, 2.75) is 59.4 Å². The third-order valence-corrected chi connectivity index (χ3v) is 4.30. The van der Waals surface area contributed by atoms with E-state index in [2.05, 4.69) is 32.6 Å². The van der Waals surface area contributed by atoms with E-state index in [1.165, 1.54) is 25.8 Å². The van der Waals surface area contributed by atoms with Crippen LogP contribution in [-0.2, 0) is 0 Å². The number of nitrogens with zero attached hydrogens (tertiary/aromatic N) is 1. The molecule has 1 fully saturated rings. The molecule has 0 atom stereocenters. The highest BCUT2D eigenvalue weighted by atomic mass is 32.1. The smallest absolute Gasteiger partial charge is 0.0784 e. The molecule has 2 nitrogen and oxygen atoms in total. The molecule has 1 aliphatic rings. The van der Waals surface area contributed by atoms with E-state index in [0.717, 1.165) is 24.9 Å². The van der Waals surface area contributed by atoms with Crippen LogP contribution in [0.5, 0.6) is 0 Å². The summed E-state index contributed by atoms with van der Waals surface area (Å²) >= 11 is 5.13. The van der Waals surface area contributed by atoms with Gasteiger partial charge in [-0.1, -0.05) is 39.9 Å². The molecule has 17 heavy (non-hydrogen) atoms. The molecule has 3 heteroatoms. The maximum Gasteiger partial charge on any atom is 0.0784 e. The summed E-state index contributed by atoms with van der Waals surface area (Å²) < 4.78 is 0. The lowest BCUT2D eigenvalue weighted by atomic mass is 9.89. The first kappa shape index (κ1) is 14.9. The van der Waals surface area contributed by atoms with E-state index in [-0.39, 0.29) is 5.41 Å². The molecule has 0 aromatic carbocycles. The summed E-state index contributed by atoms with van der Waals surface area (Å²) in [5.41, 5.74) is 5.78. The van der Waals surface area contributed by atoms with Crippen LogP contribution in [0.3, 0.4) is 0 Å². The Hall–Kier alpha value is -0.150. The minimum Gasteiger partial charge on any atom is -0.393 e. The molecule has 1 rings (SSSR count). The van der Waals surface area contributed by atoms with E-state index in [1.54, 1.807) is 0 Å². The van der Waals surface area contributed by atoms with Gasteiger partial charge in [-0.15, -0.1) is 0 Å². The average molecular weight is 256 g/mol. The highest BCUT2D eigenvalue weighted by molar-refractivity contribution is 7.80. The van der Waals surface area contributed by atoms with E-state index in [0.29, 0.717) is 4.99 Å². The number of thiocarbonyl (C=S) groups is 1. The second-order valence-corrected chi connectivity index (χ2v) is 6.89. The standard InChI is InChI=1S/C14H28N2S/c1-11(2)7-9-16(12-5-6-12)10-8-14(3,4)13(15)17/h11-12H,5-10H2,1-4H3,(H2,15,17). The van der Waals surface area contributed by atoms with Crippen molar-refractivity contribution in [1.82, 2.24) is 4.90 Å². The third kappa shape index (κ3) is 5.35. The lowest BCUT2D eigenvalue weighted by molar-refractivity contribution is 0.224. The molecular weight excluding hydrogens is 228 g/mol. The average Bonchev–Trinajstić information content (AvgIpc) is 3.00. The van der Waals surface area contributed by atoms with Gasteiger partial charge in [-0.3, -0.25) is 0 Å². The zero-order valence-electron chi connectivity index (χ0n) is 11.8. The molecule has 0 unspecified atom stereocenters. The van der Waals surface area contributed by atoms with Crippen LogP contribution in [0.15, 0.2) is 0 Å². The van der Waals surface area contributed by atoms with Gasteiger partial charge < -0.3 is 10.6 Å². The molecule has 1 aliphatic carbocycles. The molecule has 1 saturated carbocycles. The topological polar surface area (TPSA) is 29.3 Å². The highest BCUT2D eigenvalue weighted by Crippen LogP contribution is 2.30. The normalized spacial score (nSPS) is 16.8. The Morgan fingerprint density at radius 2 is 1.94 bits per heavy atom. The van der Waals surface area contributed by atoms with Crippen molar-refractivity contribution in [3.63, 3.8) is 0 Å². The summed E-state index contributed by atoms with van der Waals surface area (Å²) in [5, 5.41) is 0. The summed E-state index contributed by atoms with van der Waals surface area (Å²) in [6.07, 6.45) is 5.14. The van der Waals surface area contributed by atoms with Crippen molar-refractivity contribution < 1.29 is 0 Å². The minimum absolute atomic E-state index is 0.000302. The summed E-state index contributed by atoms with van der Waals surface area (Å²) in [7, 11) is 0. The summed E-state index contributed by atoms with van der Waals surface area (Å²) in [5.74, 6) is 0.792. The third-order valence-electron chi connectivity index (χ3n) is 3.75. The molecule has 0 amide bonds. The second kappa shape index (κ2) is 6.14. The van der Waals surface area contributed by atoms with Crippen LogP contribution < -0.4 is 5.73 Å². The lowest BCUT2D eigenvalue weighted by Crippen LogP contribution is -2.36. The van der Waals surface area contributed by atoms with Crippen molar-refractivity contribution in [3.8, 4) is 0 Å². The number of hydrogen-bond donors (Lipinski definition) is 1. The zero-order valence-corrected chi connectivity index (χ0v) is 12.6. The van der Waals surface area contributed by atoms with Gasteiger partial charge in [0.05, 0.1) is 4.99 Å². The van der Waals surface area contributed by atoms with Crippen LogP contribution >= 0.6 is 12.2 Å². The van der Waals surface area contributed by atoms with Gasteiger partial charge in [-0.2, -0.15) is 0 Å². The quantitative estimate of drug-likeness (QED) is 0.676. The fourth-order valence-electron chi connectivity index (χ4n) is 1.89. The first-order valence-corrected chi connectivity index (χ1v) is 7.27. The van der Waals surface area contributed by atoms with Crippen LogP contribution in [0, 0.1) is 11.3 Å². The Morgan fingerprint density at radius 1 is 1.35 bits per heavy atom. The maximum absolute atomic E-state index is 5.78. The van der Waals surface area contributed by atoms with Gasteiger partial charge >= 0.3 is 0 Å². The van der Waals surface area contributed by atoms with Crippen LogP contribution in [0.4, 0.5) is 0 Å². The van der Waals surface area contributed by atoms with E-state index in [4.69, 9.17) is 18.0 Å². The van der Waals surface area contributed by atoms with Gasteiger partial charge in [0.25, 0.3) is 0 Å². The fourth-order valence-corrected chi connectivity index (χ4v) is 1.99. The molecule has 0 saturated heterocycles. The van der Waals surface area contributed by atoms with Crippen molar-refractivity contribution in [2.75, 3.05) is 13.1 Å². The highest BCUT2D eigenvalue weighted by Gasteiger charge is 2.30. The summed E-state index contributed by atoms with van der Waals surface area (Å²) in [6, 6.07) is 0.843. The first-order valence-electron chi connectivity index (χ1n) is 6.87. The van der Waals surface area contributed by atoms with Crippen molar-refractivity contribution in [3.05, 3.63) is 0 Å². The van der Waals surface area contributed by atoms with E-state index in [1.807, 2.05) is 0 Å². The minimum atomic E-state index is 0.000302. The molecular formula is C14H28N2S. The Kier molecular flexibility index (Phi) is 5.39. The van der Waals surface area contributed by atoms with Crippen LogP contribution in [0.1, 0.15) is 53.4 Å². The summed E-state index contributed by atoms with van der Waals surface area (Å²) in [4.78, 5) is 3.29. The predicted molar refractivity (Wildman–Crippen MR) is 79.2 cm³/mol. The number of rotatable bonds is 8. The van der Waals surface area contributed by atoms with Gasteiger partial charge in [-0.25, -0.2) is 0 Å². The van der Waals surface area contributed by atoms with Crippen molar-refractivity contribution in [2.24, 2.45) is 17.1 Å². The lowest BCUT2D eigenvalue weighted by Gasteiger charge is -2.29. The Bertz CT molecular complexity index is 257. The van der Waals surface area contributed by atoms with Gasteiger partial charge in [0.1, 0.15) is 0 Å². The van der Waals surface area contributed by atoms with Gasteiger partial charge in [0.2, 0.25) is 0 Å². The van der Waals surface area contributed by atoms with Crippen LogP contribution in [-0.4, -0.2) is 29.0 Å². The largest absolute Gasteiger partial charge is 0.393 e. The van der Waals surface area contributed by atoms with Crippen molar-refractivity contribution >= 4 is 17.2 Å².